The summed E-state index contributed by atoms with van der Waals surface area (Å²) in [6.07, 6.45) is 0.444. The van der Waals surface area contributed by atoms with Crippen molar-refractivity contribution in [3.8, 4) is 5.75 Å². The standard InChI is InChI=1S/C13H17ClN2O2/c1-9(13(17)16-11-5-6-15-8-11)18-12-4-2-3-10(14)7-12/h2-4,7,9,11,15H,5-6,8H2,1H3,(H,16,17). The van der Waals surface area contributed by atoms with Crippen molar-refractivity contribution in [2.75, 3.05) is 13.1 Å². The van der Waals surface area contributed by atoms with Gasteiger partial charge in [-0.25, -0.2) is 0 Å². The predicted octanol–water partition coefficient (Wildman–Crippen LogP) is 1.59. The molecule has 18 heavy (non-hydrogen) atoms. The molecule has 0 bridgehead atoms. The van der Waals surface area contributed by atoms with Crippen LogP contribution in [0.15, 0.2) is 24.3 Å². The Kier molecular flexibility index (Phi) is 4.44. The first-order valence-corrected chi connectivity index (χ1v) is 6.46. The van der Waals surface area contributed by atoms with Crippen molar-refractivity contribution in [2.24, 2.45) is 0 Å². The first-order chi connectivity index (χ1) is 8.65. The number of halogens is 1. The molecule has 0 aromatic heterocycles. The molecule has 1 aliphatic rings. The molecule has 2 N–H and O–H groups in total. The molecule has 2 unspecified atom stereocenters. The van der Waals surface area contributed by atoms with E-state index in [0.717, 1.165) is 19.5 Å². The van der Waals surface area contributed by atoms with Crippen LogP contribution in [0.25, 0.3) is 0 Å². The third-order valence-electron chi connectivity index (χ3n) is 2.88. The molecular weight excluding hydrogens is 252 g/mol. The highest BCUT2D eigenvalue weighted by molar-refractivity contribution is 6.30. The summed E-state index contributed by atoms with van der Waals surface area (Å²) in [4.78, 5) is 11.9. The minimum Gasteiger partial charge on any atom is -0.481 e. The van der Waals surface area contributed by atoms with Crippen LogP contribution < -0.4 is 15.4 Å². The minimum absolute atomic E-state index is 0.0938. The molecule has 1 aromatic carbocycles. The van der Waals surface area contributed by atoms with Crippen molar-refractivity contribution in [1.82, 2.24) is 10.6 Å². The highest BCUT2D eigenvalue weighted by Crippen LogP contribution is 2.18. The number of rotatable bonds is 4. The van der Waals surface area contributed by atoms with Crippen molar-refractivity contribution in [3.05, 3.63) is 29.3 Å². The Labute approximate surface area is 112 Å². The number of benzene rings is 1. The molecule has 2 atom stereocenters. The van der Waals surface area contributed by atoms with Gasteiger partial charge in [0, 0.05) is 17.6 Å². The fourth-order valence-electron chi connectivity index (χ4n) is 1.89. The Morgan fingerprint density at radius 3 is 3.11 bits per heavy atom. The van der Waals surface area contributed by atoms with E-state index in [9.17, 15) is 4.79 Å². The topological polar surface area (TPSA) is 50.4 Å². The molecule has 1 heterocycles. The molecule has 1 amide bonds. The van der Waals surface area contributed by atoms with Gasteiger partial charge in [0.15, 0.2) is 6.10 Å². The fraction of sp³-hybridized carbons (Fsp3) is 0.462. The summed E-state index contributed by atoms with van der Waals surface area (Å²) in [7, 11) is 0. The fourth-order valence-corrected chi connectivity index (χ4v) is 2.07. The SMILES string of the molecule is CC(Oc1cccc(Cl)c1)C(=O)NC1CCNC1. The molecule has 98 valence electrons. The third-order valence-corrected chi connectivity index (χ3v) is 3.12. The van der Waals surface area contributed by atoms with Gasteiger partial charge >= 0.3 is 0 Å². The van der Waals surface area contributed by atoms with Gasteiger partial charge in [0.2, 0.25) is 0 Å². The van der Waals surface area contributed by atoms with Crippen molar-refractivity contribution < 1.29 is 9.53 Å². The summed E-state index contributed by atoms with van der Waals surface area (Å²) in [5.74, 6) is 0.512. The van der Waals surface area contributed by atoms with Crippen LogP contribution in [0.5, 0.6) is 5.75 Å². The van der Waals surface area contributed by atoms with E-state index in [4.69, 9.17) is 16.3 Å². The van der Waals surface area contributed by atoms with Crippen LogP contribution in [0.3, 0.4) is 0 Å². The Balaban J connectivity index is 1.86. The average Bonchev–Trinajstić information content (AvgIpc) is 2.81. The monoisotopic (exact) mass is 268 g/mol. The van der Waals surface area contributed by atoms with E-state index >= 15 is 0 Å². The number of hydrogen-bond donors (Lipinski definition) is 2. The number of ether oxygens (including phenoxy) is 1. The molecule has 1 aromatic rings. The van der Waals surface area contributed by atoms with E-state index in [1.165, 1.54) is 0 Å². The molecule has 1 aliphatic heterocycles. The second-order valence-corrected chi connectivity index (χ2v) is 4.85. The lowest BCUT2D eigenvalue weighted by atomic mass is 10.2. The zero-order valence-electron chi connectivity index (χ0n) is 10.3. The Morgan fingerprint density at radius 2 is 2.44 bits per heavy atom. The van der Waals surface area contributed by atoms with Crippen molar-refractivity contribution >= 4 is 17.5 Å². The summed E-state index contributed by atoms with van der Waals surface area (Å²) >= 11 is 5.86. The number of carbonyl (C=O) groups is 1. The van der Waals surface area contributed by atoms with Gasteiger partial charge in [0.1, 0.15) is 5.75 Å². The lowest BCUT2D eigenvalue weighted by molar-refractivity contribution is -0.127. The van der Waals surface area contributed by atoms with Crippen molar-refractivity contribution in [1.29, 1.82) is 0 Å². The lowest BCUT2D eigenvalue weighted by Crippen LogP contribution is -2.43. The maximum absolute atomic E-state index is 11.9. The first-order valence-electron chi connectivity index (χ1n) is 6.08. The molecule has 0 aliphatic carbocycles. The maximum atomic E-state index is 11.9. The van der Waals surface area contributed by atoms with E-state index in [1.54, 1.807) is 31.2 Å². The van der Waals surface area contributed by atoms with E-state index in [1.807, 2.05) is 0 Å². The van der Waals surface area contributed by atoms with Crippen LogP contribution in [-0.4, -0.2) is 31.1 Å². The number of hydrogen-bond acceptors (Lipinski definition) is 3. The Hall–Kier alpha value is -1.26. The van der Waals surface area contributed by atoms with Gasteiger partial charge in [-0.1, -0.05) is 17.7 Å². The summed E-state index contributed by atoms with van der Waals surface area (Å²) in [5.41, 5.74) is 0. The summed E-state index contributed by atoms with van der Waals surface area (Å²) in [6, 6.07) is 7.25. The number of carbonyl (C=O) groups excluding carboxylic acids is 1. The van der Waals surface area contributed by atoms with E-state index in [0.29, 0.717) is 10.8 Å². The van der Waals surface area contributed by atoms with Crippen LogP contribution >= 0.6 is 11.6 Å². The van der Waals surface area contributed by atoms with Gasteiger partial charge in [0.05, 0.1) is 0 Å². The van der Waals surface area contributed by atoms with Crippen molar-refractivity contribution in [3.63, 3.8) is 0 Å². The summed E-state index contributed by atoms with van der Waals surface area (Å²) < 4.78 is 5.55. The molecule has 1 fully saturated rings. The number of nitrogens with one attached hydrogen (secondary N) is 2. The molecule has 0 saturated carbocycles. The van der Waals surface area contributed by atoms with Gasteiger partial charge in [0.25, 0.3) is 5.91 Å². The van der Waals surface area contributed by atoms with Crippen LogP contribution in [0, 0.1) is 0 Å². The summed E-state index contributed by atoms with van der Waals surface area (Å²) in [6.45, 7) is 3.52. The Morgan fingerprint density at radius 1 is 1.61 bits per heavy atom. The van der Waals surface area contributed by atoms with Crippen LogP contribution in [0.1, 0.15) is 13.3 Å². The highest BCUT2D eigenvalue weighted by Gasteiger charge is 2.21. The van der Waals surface area contributed by atoms with Crippen LogP contribution in [0.2, 0.25) is 5.02 Å². The van der Waals surface area contributed by atoms with Crippen LogP contribution in [-0.2, 0) is 4.79 Å². The number of amides is 1. The van der Waals surface area contributed by atoms with Gasteiger partial charge in [-0.15, -0.1) is 0 Å². The van der Waals surface area contributed by atoms with Gasteiger partial charge in [-0.2, -0.15) is 0 Å². The highest BCUT2D eigenvalue weighted by atomic mass is 35.5. The normalized spacial score (nSPS) is 20.4. The minimum atomic E-state index is -0.524. The third kappa shape index (κ3) is 3.62. The van der Waals surface area contributed by atoms with Gasteiger partial charge < -0.3 is 15.4 Å². The average molecular weight is 269 g/mol. The quantitative estimate of drug-likeness (QED) is 0.872. The summed E-state index contributed by atoms with van der Waals surface area (Å²) in [5, 5.41) is 6.75. The van der Waals surface area contributed by atoms with Crippen molar-refractivity contribution in [2.45, 2.75) is 25.5 Å². The Bertz CT molecular complexity index is 419. The second kappa shape index (κ2) is 6.07. The van der Waals surface area contributed by atoms with Gasteiger partial charge in [-0.3, -0.25) is 4.79 Å². The largest absolute Gasteiger partial charge is 0.481 e. The second-order valence-electron chi connectivity index (χ2n) is 4.42. The predicted molar refractivity (Wildman–Crippen MR) is 71.0 cm³/mol. The van der Waals surface area contributed by atoms with Gasteiger partial charge in [-0.05, 0) is 38.1 Å². The van der Waals surface area contributed by atoms with E-state index < -0.39 is 6.10 Å². The lowest BCUT2D eigenvalue weighted by Gasteiger charge is -2.17. The molecule has 2 rings (SSSR count). The molecule has 1 saturated heterocycles. The molecule has 0 radical (unpaired) electrons. The molecule has 5 heteroatoms. The molecular formula is C13H17ClN2O2. The zero-order valence-corrected chi connectivity index (χ0v) is 11.0. The molecule has 4 nitrogen and oxygen atoms in total. The molecule has 0 spiro atoms. The first kappa shape index (κ1) is 13.2. The maximum Gasteiger partial charge on any atom is 0.261 e. The van der Waals surface area contributed by atoms with E-state index in [-0.39, 0.29) is 11.9 Å². The smallest absolute Gasteiger partial charge is 0.261 e. The van der Waals surface area contributed by atoms with E-state index in [2.05, 4.69) is 10.6 Å². The zero-order chi connectivity index (χ0) is 13.0. The van der Waals surface area contributed by atoms with Crippen LogP contribution in [0.4, 0.5) is 0 Å².